The summed E-state index contributed by atoms with van der Waals surface area (Å²) in [6, 6.07) is 15.1. The van der Waals surface area contributed by atoms with Crippen molar-refractivity contribution >= 4 is 48.0 Å². The van der Waals surface area contributed by atoms with Crippen LogP contribution < -0.4 is 16.8 Å². The highest BCUT2D eigenvalue weighted by Gasteiger charge is 2.28. The first kappa shape index (κ1) is 24.8. The molecular formula is C21H28Cl2N4O2. The molecule has 158 valence electrons. The summed E-state index contributed by atoms with van der Waals surface area (Å²) in [6.07, 6.45) is 2.77. The average molecular weight is 439 g/mol. The lowest BCUT2D eigenvalue weighted by Crippen LogP contribution is -2.39. The number of hydrogen-bond acceptors (Lipinski definition) is 4. The van der Waals surface area contributed by atoms with Crippen molar-refractivity contribution in [2.24, 2.45) is 5.73 Å². The summed E-state index contributed by atoms with van der Waals surface area (Å²) in [5.41, 5.74) is 14.9. The SMILES string of the molecule is Cl.Cl.NC(=O)C1CCCN1Cc1cccc(NC(=O)CCc2ccccc2N)c1. The van der Waals surface area contributed by atoms with Gasteiger partial charge in [0.15, 0.2) is 0 Å². The molecule has 0 aromatic heterocycles. The van der Waals surface area contributed by atoms with Gasteiger partial charge in [0.25, 0.3) is 0 Å². The Labute approximate surface area is 183 Å². The number of para-hydroxylation sites is 1. The summed E-state index contributed by atoms with van der Waals surface area (Å²) < 4.78 is 0. The molecule has 1 unspecified atom stereocenters. The Balaban J connectivity index is 0.00000210. The number of nitrogens with zero attached hydrogens (tertiary/aromatic N) is 1. The van der Waals surface area contributed by atoms with E-state index in [2.05, 4.69) is 10.2 Å². The number of nitrogens with one attached hydrogen (secondary N) is 1. The molecule has 0 spiro atoms. The molecule has 0 bridgehead atoms. The van der Waals surface area contributed by atoms with Crippen molar-refractivity contribution in [1.82, 2.24) is 4.90 Å². The van der Waals surface area contributed by atoms with Gasteiger partial charge in [-0.3, -0.25) is 14.5 Å². The minimum absolute atomic E-state index is 0. The van der Waals surface area contributed by atoms with Crippen LogP contribution in [0.2, 0.25) is 0 Å². The molecule has 1 aliphatic rings. The second-order valence-electron chi connectivity index (χ2n) is 6.98. The maximum Gasteiger partial charge on any atom is 0.234 e. The van der Waals surface area contributed by atoms with E-state index in [-0.39, 0.29) is 42.7 Å². The van der Waals surface area contributed by atoms with Crippen molar-refractivity contribution < 1.29 is 9.59 Å². The molecule has 3 rings (SSSR count). The molecule has 0 radical (unpaired) electrons. The lowest BCUT2D eigenvalue weighted by atomic mass is 10.1. The summed E-state index contributed by atoms with van der Waals surface area (Å²) in [6.45, 7) is 1.51. The number of nitrogens with two attached hydrogens (primary N) is 2. The third-order valence-electron chi connectivity index (χ3n) is 4.96. The summed E-state index contributed by atoms with van der Waals surface area (Å²) in [5.74, 6) is -0.316. The number of anilines is 2. The van der Waals surface area contributed by atoms with Crippen LogP contribution in [-0.4, -0.2) is 29.3 Å². The summed E-state index contributed by atoms with van der Waals surface area (Å²) in [5, 5.41) is 2.94. The predicted molar refractivity (Wildman–Crippen MR) is 121 cm³/mol. The molecule has 2 aromatic carbocycles. The molecule has 8 heteroatoms. The number of primary amides is 1. The zero-order valence-electron chi connectivity index (χ0n) is 16.2. The van der Waals surface area contributed by atoms with Crippen molar-refractivity contribution in [3.63, 3.8) is 0 Å². The summed E-state index contributed by atoms with van der Waals surface area (Å²) in [7, 11) is 0. The van der Waals surface area contributed by atoms with Gasteiger partial charge in [-0.25, -0.2) is 0 Å². The van der Waals surface area contributed by atoms with Crippen LogP contribution in [-0.2, 0) is 22.6 Å². The number of carbonyl (C=O) groups is 2. The van der Waals surface area contributed by atoms with Crippen LogP contribution in [0, 0.1) is 0 Å². The molecule has 0 saturated carbocycles. The first-order valence-corrected chi connectivity index (χ1v) is 9.28. The molecule has 5 N–H and O–H groups in total. The smallest absolute Gasteiger partial charge is 0.234 e. The van der Waals surface area contributed by atoms with E-state index in [9.17, 15) is 9.59 Å². The molecule has 0 aliphatic carbocycles. The molecule has 1 fully saturated rings. The van der Waals surface area contributed by atoms with Crippen LogP contribution in [0.25, 0.3) is 0 Å². The fraction of sp³-hybridized carbons (Fsp3) is 0.333. The largest absolute Gasteiger partial charge is 0.399 e. The van der Waals surface area contributed by atoms with Gasteiger partial charge in [-0.1, -0.05) is 30.3 Å². The number of likely N-dealkylation sites (tertiary alicyclic amines) is 1. The monoisotopic (exact) mass is 438 g/mol. The fourth-order valence-electron chi connectivity index (χ4n) is 3.55. The van der Waals surface area contributed by atoms with Gasteiger partial charge in [0, 0.05) is 24.3 Å². The third-order valence-corrected chi connectivity index (χ3v) is 4.96. The van der Waals surface area contributed by atoms with E-state index >= 15 is 0 Å². The van der Waals surface area contributed by atoms with E-state index in [0.717, 1.165) is 36.2 Å². The van der Waals surface area contributed by atoms with Crippen molar-refractivity contribution in [3.8, 4) is 0 Å². The topological polar surface area (TPSA) is 101 Å². The number of nitrogen functional groups attached to an aromatic ring is 1. The normalized spacial score (nSPS) is 15.8. The van der Waals surface area contributed by atoms with Gasteiger partial charge >= 0.3 is 0 Å². The Hall–Kier alpha value is -2.28. The van der Waals surface area contributed by atoms with Gasteiger partial charge in [0.05, 0.1) is 6.04 Å². The van der Waals surface area contributed by atoms with E-state index in [0.29, 0.717) is 25.1 Å². The van der Waals surface area contributed by atoms with E-state index in [1.165, 1.54) is 0 Å². The lowest BCUT2D eigenvalue weighted by Gasteiger charge is -2.22. The van der Waals surface area contributed by atoms with Crippen molar-refractivity contribution in [2.75, 3.05) is 17.6 Å². The molecule has 1 aliphatic heterocycles. The van der Waals surface area contributed by atoms with Gasteiger partial charge in [-0.05, 0) is 55.1 Å². The Morgan fingerprint density at radius 2 is 1.86 bits per heavy atom. The third kappa shape index (κ3) is 6.92. The van der Waals surface area contributed by atoms with Crippen molar-refractivity contribution in [3.05, 3.63) is 59.7 Å². The second kappa shape index (κ2) is 11.7. The minimum atomic E-state index is -0.267. The summed E-state index contributed by atoms with van der Waals surface area (Å²) >= 11 is 0. The van der Waals surface area contributed by atoms with Crippen molar-refractivity contribution in [1.29, 1.82) is 0 Å². The molecule has 29 heavy (non-hydrogen) atoms. The fourth-order valence-corrected chi connectivity index (χ4v) is 3.55. The van der Waals surface area contributed by atoms with Gasteiger partial charge in [0.1, 0.15) is 0 Å². The maximum absolute atomic E-state index is 12.3. The highest BCUT2D eigenvalue weighted by molar-refractivity contribution is 5.91. The first-order chi connectivity index (χ1) is 13.0. The van der Waals surface area contributed by atoms with Gasteiger partial charge in [-0.2, -0.15) is 0 Å². The lowest BCUT2D eigenvalue weighted by molar-refractivity contribution is -0.122. The average Bonchev–Trinajstić information content (AvgIpc) is 3.10. The number of amides is 2. The molecule has 6 nitrogen and oxygen atoms in total. The molecule has 2 amide bonds. The van der Waals surface area contributed by atoms with Crippen LogP contribution in [0.4, 0.5) is 11.4 Å². The quantitative estimate of drug-likeness (QED) is 0.577. The number of carbonyl (C=O) groups excluding carboxylic acids is 2. The Kier molecular flexibility index (Phi) is 9.95. The van der Waals surface area contributed by atoms with Gasteiger partial charge in [0.2, 0.25) is 11.8 Å². The van der Waals surface area contributed by atoms with Crippen molar-refractivity contribution in [2.45, 2.75) is 38.3 Å². The zero-order chi connectivity index (χ0) is 19.2. The predicted octanol–water partition coefficient (Wildman–Crippen LogP) is 3.13. The zero-order valence-corrected chi connectivity index (χ0v) is 17.8. The molecular weight excluding hydrogens is 411 g/mol. The number of hydrogen-bond donors (Lipinski definition) is 3. The number of aryl methyl sites for hydroxylation is 1. The van der Waals surface area contributed by atoms with E-state index < -0.39 is 0 Å². The molecule has 2 aromatic rings. The Morgan fingerprint density at radius 1 is 1.10 bits per heavy atom. The maximum atomic E-state index is 12.3. The first-order valence-electron chi connectivity index (χ1n) is 9.28. The van der Waals surface area contributed by atoms with Crippen LogP contribution >= 0.6 is 24.8 Å². The molecule has 1 atom stereocenters. The van der Waals surface area contributed by atoms with Crippen LogP contribution in [0.3, 0.4) is 0 Å². The number of benzene rings is 2. The second-order valence-corrected chi connectivity index (χ2v) is 6.98. The standard InChI is InChI=1S/C21H26N4O2.2ClH/c22-18-8-2-1-6-16(18)10-11-20(26)24-17-7-3-5-15(13-17)14-25-12-4-9-19(25)21(23)27;;/h1-3,5-8,13,19H,4,9-12,14,22H2,(H2,23,27)(H,24,26);2*1H. The van der Waals surface area contributed by atoms with Gasteiger partial charge < -0.3 is 16.8 Å². The van der Waals surface area contributed by atoms with Crippen LogP contribution in [0.15, 0.2) is 48.5 Å². The van der Waals surface area contributed by atoms with Gasteiger partial charge in [-0.15, -0.1) is 24.8 Å². The number of halogens is 2. The highest BCUT2D eigenvalue weighted by Crippen LogP contribution is 2.21. The van der Waals surface area contributed by atoms with Crippen LogP contribution in [0.5, 0.6) is 0 Å². The van der Waals surface area contributed by atoms with E-state index in [1.54, 1.807) is 0 Å². The summed E-state index contributed by atoms with van der Waals surface area (Å²) in [4.78, 5) is 25.9. The van der Waals surface area contributed by atoms with Crippen LogP contribution in [0.1, 0.15) is 30.4 Å². The molecule has 1 heterocycles. The van der Waals surface area contributed by atoms with E-state index in [4.69, 9.17) is 11.5 Å². The minimum Gasteiger partial charge on any atom is -0.399 e. The number of rotatable bonds is 7. The Bertz CT molecular complexity index is 832. The Morgan fingerprint density at radius 3 is 2.59 bits per heavy atom. The van der Waals surface area contributed by atoms with E-state index in [1.807, 2.05) is 48.5 Å². The molecule has 1 saturated heterocycles. The highest BCUT2D eigenvalue weighted by atomic mass is 35.5.